The third-order valence-corrected chi connectivity index (χ3v) is 10.2. The van der Waals surface area contributed by atoms with Gasteiger partial charge >= 0.3 is 0 Å². The Labute approximate surface area is 281 Å². The van der Waals surface area contributed by atoms with Crippen molar-refractivity contribution >= 4 is 52.5 Å². The Hall–Kier alpha value is -2.82. The number of rotatable bonds is 9. The molecule has 1 aliphatic rings. The Morgan fingerprint density at radius 3 is 2.47 bits per heavy atom. The maximum absolute atomic E-state index is 15.4. The average molecular weight is 695 g/mol. The van der Waals surface area contributed by atoms with Crippen molar-refractivity contribution in [1.29, 1.82) is 0 Å². The van der Waals surface area contributed by atoms with Crippen LogP contribution in [0.3, 0.4) is 0 Å². The molecule has 3 aromatic carbocycles. The van der Waals surface area contributed by atoms with E-state index in [1.807, 2.05) is 19.9 Å². The van der Waals surface area contributed by atoms with Crippen molar-refractivity contribution < 1.29 is 22.8 Å². The number of quaternary nitrogens is 1. The SMILES string of the molecule is COc1cc(-c2nc(SCc3c(F)cc(C(=O)N[C@H]4CC[N+](C)(C)C4)cc3Cl)[nH]c2C(C)(C)c2ccc(Cl)c(Cl)c2)ccc1F. The van der Waals surface area contributed by atoms with Crippen LogP contribution in [0.15, 0.2) is 53.7 Å². The number of nitrogens with one attached hydrogen (secondary N) is 2. The van der Waals surface area contributed by atoms with Crippen molar-refractivity contribution in [2.45, 2.75) is 42.6 Å². The minimum absolute atomic E-state index is 0.0288. The number of nitrogens with zero attached hydrogens (tertiary/aromatic N) is 2. The van der Waals surface area contributed by atoms with Crippen LogP contribution >= 0.6 is 46.6 Å². The molecule has 2 N–H and O–H groups in total. The number of methoxy groups -OCH3 is 1. The summed E-state index contributed by atoms with van der Waals surface area (Å²) in [5.74, 6) is -1.19. The number of hydrogen-bond acceptors (Lipinski definition) is 4. The Kier molecular flexibility index (Phi) is 9.78. The van der Waals surface area contributed by atoms with E-state index in [-0.39, 0.29) is 39.6 Å². The van der Waals surface area contributed by atoms with Gasteiger partial charge in [-0.3, -0.25) is 4.79 Å². The number of carbonyl (C=O) groups is 1. The molecule has 0 radical (unpaired) electrons. The minimum Gasteiger partial charge on any atom is -0.494 e. The molecule has 1 atom stereocenters. The molecule has 4 aromatic rings. The first-order valence-electron chi connectivity index (χ1n) is 14.3. The summed E-state index contributed by atoms with van der Waals surface area (Å²) in [6.45, 7) is 5.79. The molecule has 1 aromatic heterocycles. The summed E-state index contributed by atoms with van der Waals surface area (Å²) in [5.41, 5.74) is 2.58. The second-order valence-electron chi connectivity index (χ2n) is 12.4. The van der Waals surface area contributed by atoms with Gasteiger partial charge in [-0.25, -0.2) is 13.8 Å². The predicted molar refractivity (Wildman–Crippen MR) is 178 cm³/mol. The first-order chi connectivity index (χ1) is 21.2. The highest BCUT2D eigenvalue weighted by Gasteiger charge is 2.33. The molecule has 238 valence electrons. The molecule has 5 rings (SSSR count). The fraction of sp³-hybridized carbons (Fsp3) is 0.333. The first kappa shape index (κ1) is 33.5. The van der Waals surface area contributed by atoms with E-state index in [0.717, 1.165) is 35.3 Å². The van der Waals surface area contributed by atoms with Crippen molar-refractivity contribution in [3.63, 3.8) is 0 Å². The fourth-order valence-electron chi connectivity index (χ4n) is 5.60. The number of H-pyrrole nitrogens is 1. The maximum atomic E-state index is 15.4. The van der Waals surface area contributed by atoms with Gasteiger partial charge in [0.1, 0.15) is 5.82 Å². The Bertz CT molecular complexity index is 1740. The normalized spacial score (nSPS) is 16.2. The second kappa shape index (κ2) is 13.1. The standard InChI is InChI=1S/C33H33Cl3F2N4O2S/c1-33(2,20-7-8-23(34)25(36)15-20)30-29(18-6-9-26(37)28(14-18)44-5)40-32(41-30)45-17-22-24(35)12-19(13-27(22)38)31(43)39-21-10-11-42(3,4)16-21/h6-9,12-15,21H,10-11,16-17H2,1-5H3,(H-,39,40,41,43)/p+1/t21-/m0/s1. The summed E-state index contributed by atoms with van der Waals surface area (Å²) in [6.07, 6.45) is 0.864. The fourth-order valence-corrected chi connectivity index (χ4v) is 7.16. The number of hydrogen-bond donors (Lipinski definition) is 2. The molecular formula is C33H34Cl3F2N4O2S+. The van der Waals surface area contributed by atoms with Crippen LogP contribution < -0.4 is 10.1 Å². The van der Waals surface area contributed by atoms with E-state index in [9.17, 15) is 9.18 Å². The van der Waals surface area contributed by atoms with Crippen molar-refractivity contribution in [3.8, 4) is 17.0 Å². The number of imidazole rings is 1. The van der Waals surface area contributed by atoms with E-state index >= 15 is 4.39 Å². The number of aromatic nitrogens is 2. The zero-order chi connectivity index (χ0) is 32.7. The third-order valence-electron chi connectivity index (χ3n) is 8.26. The summed E-state index contributed by atoms with van der Waals surface area (Å²) < 4.78 is 35.7. The van der Waals surface area contributed by atoms with Crippen LogP contribution in [-0.2, 0) is 11.2 Å². The van der Waals surface area contributed by atoms with Crippen LogP contribution in [0.4, 0.5) is 8.78 Å². The van der Waals surface area contributed by atoms with Gasteiger partial charge in [-0.1, -0.05) is 66.5 Å². The van der Waals surface area contributed by atoms with Gasteiger partial charge in [-0.15, -0.1) is 0 Å². The van der Waals surface area contributed by atoms with E-state index < -0.39 is 17.0 Å². The quantitative estimate of drug-likeness (QED) is 0.136. The van der Waals surface area contributed by atoms with E-state index in [4.69, 9.17) is 44.5 Å². The highest BCUT2D eigenvalue weighted by Crippen LogP contribution is 2.41. The number of ether oxygens (including phenoxy) is 1. The first-order valence-corrected chi connectivity index (χ1v) is 16.4. The summed E-state index contributed by atoms with van der Waals surface area (Å²) >= 11 is 20.3. The van der Waals surface area contributed by atoms with Crippen molar-refractivity contribution in [3.05, 3.63) is 97.6 Å². The van der Waals surface area contributed by atoms with Crippen LogP contribution in [0.1, 0.15) is 47.4 Å². The Balaban J connectivity index is 1.43. The molecule has 0 saturated carbocycles. The molecule has 0 aliphatic carbocycles. The van der Waals surface area contributed by atoms with Crippen LogP contribution in [0.25, 0.3) is 11.3 Å². The molecule has 0 bridgehead atoms. The maximum Gasteiger partial charge on any atom is 0.251 e. The lowest BCUT2D eigenvalue weighted by Crippen LogP contribution is -2.42. The molecule has 1 saturated heterocycles. The van der Waals surface area contributed by atoms with E-state index in [1.54, 1.807) is 24.3 Å². The van der Waals surface area contributed by atoms with E-state index in [1.165, 1.54) is 37.1 Å². The van der Waals surface area contributed by atoms with Gasteiger partial charge in [0.2, 0.25) is 0 Å². The Morgan fingerprint density at radius 1 is 1.07 bits per heavy atom. The minimum atomic E-state index is -0.650. The van der Waals surface area contributed by atoms with Crippen LogP contribution in [0.5, 0.6) is 5.75 Å². The Morgan fingerprint density at radius 2 is 1.82 bits per heavy atom. The number of halogens is 5. The molecule has 0 spiro atoms. The molecule has 0 unspecified atom stereocenters. The van der Waals surface area contributed by atoms with E-state index in [2.05, 4.69) is 24.4 Å². The zero-order valence-corrected chi connectivity index (χ0v) is 28.6. The molecular weight excluding hydrogens is 661 g/mol. The lowest BCUT2D eigenvalue weighted by molar-refractivity contribution is -0.878. The average Bonchev–Trinajstić information content (AvgIpc) is 3.57. The smallest absolute Gasteiger partial charge is 0.251 e. The number of thioether (sulfide) groups is 1. The van der Waals surface area contributed by atoms with Crippen LogP contribution in [0.2, 0.25) is 15.1 Å². The monoisotopic (exact) mass is 693 g/mol. The molecule has 6 nitrogen and oxygen atoms in total. The van der Waals surface area contributed by atoms with Gasteiger partial charge in [0.05, 0.1) is 61.8 Å². The summed E-state index contributed by atoms with van der Waals surface area (Å²) in [7, 11) is 5.63. The summed E-state index contributed by atoms with van der Waals surface area (Å²) in [6, 6.07) is 12.7. The molecule has 12 heteroatoms. The number of benzene rings is 3. The number of likely N-dealkylation sites (N-methyl/N-ethyl adjacent to an activating group) is 1. The lowest BCUT2D eigenvalue weighted by atomic mass is 9.80. The van der Waals surface area contributed by atoms with Crippen molar-refractivity contribution in [2.75, 3.05) is 34.3 Å². The van der Waals surface area contributed by atoms with Crippen LogP contribution in [-0.4, -0.2) is 60.7 Å². The highest BCUT2D eigenvalue weighted by atomic mass is 35.5. The molecule has 1 amide bonds. The predicted octanol–water partition coefficient (Wildman–Crippen LogP) is 8.52. The second-order valence-corrected chi connectivity index (χ2v) is 14.6. The van der Waals surface area contributed by atoms with Gasteiger partial charge in [0.25, 0.3) is 5.91 Å². The largest absolute Gasteiger partial charge is 0.494 e. The number of carbonyl (C=O) groups excluding carboxylic acids is 1. The highest BCUT2D eigenvalue weighted by molar-refractivity contribution is 7.98. The summed E-state index contributed by atoms with van der Waals surface area (Å²) in [5, 5.41) is 4.50. The molecule has 1 aliphatic heterocycles. The number of aromatic amines is 1. The van der Waals surface area contributed by atoms with Crippen LogP contribution in [0, 0.1) is 11.6 Å². The zero-order valence-electron chi connectivity index (χ0n) is 25.5. The third kappa shape index (κ3) is 7.28. The summed E-state index contributed by atoms with van der Waals surface area (Å²) in [4.78, 5) is 21.1. The topological polar surface area (TPSA) is 67.0 Å². The van der Waals surface area contributed by atoms with Gasteiger partial charge < -0.3 is 19.5 Å². The number of likely N-dealkylation sites (tertiary alicyclic amines) is 1. The van der Waals surface area contributed by atoms with Gasteiger partial charge in [0, 0.05) is 39.3 Å². The molecule has 2 heterocycles. The number of amides is 1. The van der Waals surface area contributed by atoms with Gasteiger partial charge in [-0.2, -0.15) is 0 Å². The van der Waals surface area contributed by atoms with Crippen molar-refractivity contribution in [2.24, 2.45) is 0 Å². The van der Waals surface area contributed by atoms with Gasteiger partial charge in [0.15, 0.2) is 16.7 Å². The van der Waals surface area contributed by atoms with Gasteiger partial charge in [-0.05, 0) is 48.0 Å². The molecule has 45 heavy (non-hydrogen) atoms. The molecule has 1 fully saturated rings. The van der Waals surface area contributed by atoms with Crippen molar-refractivity contribution in [1.82, 2.24) is 15.3 Å². The lowest BCUT2D eigenvalue weighted by Gasteiger charge is -2.26. The van der Waals surface area contributed by atoms with E-state index in [0.29, 0.717) is 26.5 Å².